The summed E-state index contributed by atoms with van der Waals surface area (Å²) < 4.78 is 0. The highest BCUT2D eigenvalue weighted by atomic mass is 16.2. The zero-order chi connectivity index (χ0) is 18.5. The van der Waals surface area contributed by atoms with Gasteiger partial charge >= 0.3 is 0 Å². The Hall–Kier alpha value is -3.60. The van der Waals surface area contributed by atoms with Crippen LogP contribution in [0.3, 0.4) is 0 Å². The minimum absolute atomic E-state index is 0.0609. The fourth-order valence-electron chi connectivity index (χ4n) is 2.97. The van der Waals surface area contributed by atoms with E-state index in [0.29, 0.717) is 0 Å². The van der Waals surface area contributed by atoms with Crippen molar-refractivity contribution in [3.63, 3.8) is 0 Å². The minimum Gasteiger partial charge on any atom is -0.345 e. The third-order valence-electron chi connectivity index (χ3n) is 4.28. The van der Waals surface area contributed by atoms with Crippen molar-refractivity contribution in [2.24, 2.45) is 0 Å². The molecule has 0 fully saturated rings. The van der Waals surface area contributed by atoms with Crippen molar-refractivity contribution < 1.29 is 4.79 Å². The maximum absolute atomic E-state index is 12.3. The first-order valence-corrected chi connectivity index (χ1v) is 8.78. The first kappa shape index (κ1) is 16.8. The summed E-state index contributed by atoms with van der Waals surface area (Å²) in [5.74, 6) is -0.0609. The van der Waals surface area contributed by atoms with Crippen LogP contribution in [0.5, 0.6) is 0 Å². The highest BCUT2D eigenvalue weighted by molar-refractivity contribution is 5.92. The van der Waals surface area contributed by atoms with E-state index < -0.39 is 0 Å². The molecule has 0 aliphatic carbocycles. The molecule has 0 unspecified atom stereocenters. The lowest BCUT2D eigenvalue weighted by atomic mass is 10.1. The van der Waals surface area contributed by atoms with Crippen molar-refractivity contribution in [2.75, 3.05) is 11.9 Å². The molecule has 27 heavy (non-hydrogen) atoms. The van der Waals surface area contributed by atoms with E-state index in [1.165, 1.54) is 0 Å². The van der Waals surface area contributed by atoms with E-state index in [1.807, 2.05) is 84.0 Å². The van der Waals surface area contributed by atoms with Crippen LogP contribution in [0, 0.1) is 6.07 Å². The summed E-state index contributed by atoms with van der Waals surface area (Å²) in [6.45, 7) is 0.254. The summed E-state index contributed by atoms with van der Waals surface area (Å²) in [5.41, 5.74) is 4.78. The highest BCUT2D eigenvalue weighted by Crippen LogP contribution is 2.25. The van der Waals surface area contributed by atoms with Crippen LogP contribution in [0.15, 0.2) is 79.1 Å². The number of aromatic nitrogens is 2. The number of para-hydroxylation sites is 1. The molecule has 2 heterocycles. The molecule has 0 saturated heterocycles. The standard InChI is InChI=1S/C22H19N4O/c27-22(23-19-11-5-2-6-12-19)16-26-13-7-10-18(15-26)21-14-20(24-25-21)17-8-3-1-4-9-17/h2-9,11-15H,10,16H2,(H,23,27)(H,24,25). The van der Waals surface area contributed by atoms with Crippen molar-refractivity contribution >= 4 is 17.2 Å². The van der Waals surface area contributed by atoms with Crippen LogP contribution in [0.1, 0.15) is 12.1 Å². The van der Waals surface area contributed by atoms with Crippen molar-refractivity contribution in [1.82, 2.24) is 15.1 Å². The first-order valence-electron chi connectivity index (χ1n) is 8.78. The third-order valence-corrected chi connectivity index (χ3v) is 4.28. The van der Waals surface area contributed by atoms with E-state index in [0.717, 1.165) is 34.6 Å². The van der Waals surface area contributed by atoms with Gasteiger partial charge in [-0.2, -0.15) is 5.10 Å². The molecular weight excluding hydrogens is 336 g/mol. The lowest BCUT2D eigenvalue weighted by Crippen LogP contribution is -2.27. The molecule has 2 aromatic carbocycles. The van der Waals surface area contributed by atoms with Gasteiger partial charge in [0.05, 0.1) is 11.4 Å². The van der Waals surface area contributed by atoms with Crippen LogP contribution < -0.4 is 5.32 Å². The van der Waals surface area contributed by atoms with Crippen molar-refractivity contribution in [3.8, 4) is 11.3 Å². The predicted molar refractivity (Wildman–Crippen MR) is 106 cm³/mol. The Bertz CT molecular complexity index is 974. The smallest absolute Gasteiger partial charge is 0.244 e. The molecule has 5 heteroatoms. The lowest BCUT2D eigenvalue weighted by molar-refractivity contribution is -0.116. The molecule has 4 rings (SSSR count). The summed E-state index contributed by atoms with van der Waals surface area (Å²) >= 11 is 0. The van der Waals surface area contributed by atoms with Gasteiger partial charge in [0.15, 0.2) is 0 Å². The summed E-state index contributed by atoms with van der Waals surface area (Å²) in [6, 6.07) is 22.2. The van der Waals surface area contributed by atoms with E-state index >= 15 is 0 Å². The average Bonchev–Trinajstić information content (AvgIpc) is 3.20. The number of benzene rings is 2. The van der Waals surface area contributed by atoms with Crippen LogP contribution in [0.4, 0.5) is 5.69 Å². The maximum Gasteiger partial charge on any atom is 0.244 e. The second-order valence-corrected chi connectivity index (χ2v) is 6.29. The number of amides is 1. The second kappa shape index (κ2) is 7.74. The second-order valence-electron chi connectivity index (χ2n) is 6.29. The van der Waals surface area contributed by atoms with Gasteiger partial charge in [0.25, 0.3) is 0 Å². The Balaban J connectivity index is 1.44. The van der Waals surface area contributed by atoms with Crippen molar-refractivity contribution in [3.05, 3.63) is 90.9 Å². The molecule has 1 aromatic heterocycles. The molecule has 0 bridgehead atoms. The first-order chi connectivity index (χ1) is 13.3. The number of allylic oxidation sites excluding steroid dienone is 2. The Kier molecular flexibility index (Phi) is 4.83. The van der Waals surface area contributed by atoms with Crippen LogP contribution in [-0.4, -0.2) is 27.5 Å². The zero-order valence-corrected chi connectivity index (χ0v) is 14.7. The number of hydrogen-bond donors (Lipinski definition) is 2. The van der Waals surface area contributed by atoms with Gasteiger partial charge in [-0.15, -0.1) is 0 Å². The number of nitrogens with one attached hydrogen (secondary N) is 2. The largest absolute Gasteiger partial charge is 0.345 e. The number of nitrogens with zero attached hydrogens (tertiary/aromatic N) is 2. The molecule has 1 radical (unpaired) electrons. The number of carbonyl (C=O) groups excluding carboxylic acids is 1. The normalized spacial score (nSPS) is 13.3. The van der Waals surface area contributed by atoms with Gasteiger partial charge < -0.3 is 10.2 Å². The zero-order valence-electron chi connectivity index (χ0n) is 14.7. The van der Waals surface area contributed by atoms with Gasteiger partial charge in [-0.1, -0.05) is 48.5 Å². The molecule has 0 atom stereocenters. The van der Waals surface area contributed by atoms with Crippen LogP contribution >= 0.6 is 0 Å². The van der Waals surface area contributed by atoms with Crippen molar-refractivity contribution in [2.45, 2.75) is 6.42 Å². The molecule has 1 aliphatic heterocycles. The molecule has 1 aliphatic rings. The van der Waals surface area contributed by atoms with E-state index in [9.17, 15) is 4.79 Å². The fourth-order valence-corrected chi connectivity index (χ4v) is 2.97. The molecule has 133 valence electrons. The Labute approximate surface area is 158 Å². The molecule has 0 saturated carbocycles. The summed E-state index contributed by atoms with van der Waals surface area (Å²) in [6.07, 6.45) is 6.75. The lowest BCUT2D eigenvalue weighted by Gasteiger charge is -2.20. The Morgan fingerprint density at radius 2 is 2.00 bits per heavy atom. The van der Waals surface area contributed by atoms with Gasteiger partial charge in [-0.05, 0) is 36.3 Å². The van der Waals surface area contributed by atoms with Gasteiger partial charge in [0.2, 0.25) is 5.91 Å². The third kappa shape index (κ3) is 4.15. The number of hydrogen-bond acceptors (Lipinski definition) is 3. The van der Waals surface area contributed by atoms with E-state index in [2.05, 4.69) is 21.6 Å². The Morgan fingerprint density at radius 3 is 2.81 bits per heavy atom. The maximum atomic E-state index is 12.3. The van der Waals surface area contributed by atoms with Gasteiger partial charge in [0.1, 0.15) is 6.54 Å². The van der Waals surface area contributed by atoms with E-state index in [4.69, 9.17) is 0 Å². The van der Waals surface area contributed by atoms with E-state index in [-0.39, 0.29) is 12.5 Å². The molecular formula is C22H19N4O. The number of aromatic amines is 1. The van der Waals surface area contributed by atoms with Gasteiger partial charge in [-0.25, -0.2) is 0 Å². The minimum atomic E-state index is -0.0609. The Morgan fingerprint density at radius 1 is 1.19 bits per heavy atom. The van der Waals surface area contributed by atoms with Gasteiger partial charge in [0, 0.05) is 23.7 Å². The number of anilines is 1. The predicted octanol–water partition coefficient (Wildman–Crippen LogP) is 4.08. The van der Waals surface area contributed by atoms with Gasteiger partial charge in [-0.3, -0.25) is 9.89 Å². The number of H-pyrrole nitrogens is 1. The SMILES string of the molecule is O=C(CN1C=CCC(c2cc(-c3cc[c]cc3)n[nH]2)=C1)Nc1ccccc1. The van der Waals surface area contributed by atoms with Crippen molar-refractivity contribution in [1.29, 1.82) is 0 Å². The molecule has 5 nitrogen and oxygen atoms in total. The molecule has 0 spiro atoms. The van der Waals surface area contributed by atoms with Crippen LogP contribution in [0.2, 0.25) is 0 Å². The molecule has 3 aromatic rings. The van der Waals surface area contributed by atoms with E-state index in [1.54, 1.807) is 0 Å². The molecule has 2 N–H and O–H groups in total. The quantitative estimate of drug-likeness (QED) is 0.725. The summed E-state index contributed by atoms with van der Waals surface area (Å²) in [7, 11) is 0. The summed E-state index contributed by atoms with van der Waals surface area (Å²) in [4.78, 5) is 14.2. The molecule has 1 amide bonds. The topological polar surface area (TPSA) is 61.0 Å². The monoisotopic (exact) mass is 355 g/mol. The number of rotatable bonds is 5. The van der Waals surface area contributed by atoms with Crippen LogP contribution in [0.25, 0.3) is 16.8 Å². The number of carbonyl (C=O) groups is 1. The van der Waals surface area contributed by atoms with Crippen LogP contribution in [-0.2, 0) is 4.79 Å². The fraction of sp³-hybridized carbons (Fsp3) is 0.0909. The summed E-state index contributed by atoms with van der Waals surface area (Å²) in [5, 5.41) is 10.4. The average molecular weight is 355 g/mol. The highest BCUT2D eigenvalue weighted by Gasteiger charge is 2.13.